The van der Waals surface area contributed by atoms with Gasteiger partial charge in [-0.25, -0.2) is 0 Å². The van der Waals surface area contributed by atoms with E-state index >= 15 is 0 Å². The summed E-state index contributed by atoms with van der Waals surface area (Å²) in [5.74, 6) is -2.58. The first-order chi connectivity index (χ1) is 16.3. The molecule has 4 unspecified atom stereocenters. The molecule has 0 bridgehead atoms. The first-order valence-corrected chi connectivity index (χ1v) is 11.0. The number of likely N-dealkylation sites (tertiary alicyclic amines) is 1. The predicted octanol–water partition coefficient (Wildman–Crippen LogP) is 2.70. The second-order valence-electron chi connectivity index (χ2n) is 8.75. The minimum absolute atomic E-state index is 0.126. The fourth-order valence-electron chi connectivity index (χ4n) is 5.48. The van der Waals surface area contributed by atoms with Gasteiger partial charge in [-0.2, -0.15) is 0 Å². The lowest BCUT2D eigenvalue weighted by molar-refractivity contribution is -0.384. The summed E-state index contributed by atoms with van der Waals surface area (Å²) in [5.41, 5.74) is 2.85. The molecule has 2 fully saturated rings. The molecule has 0 N–H and O–H groups in total. The third kappa shape index (κ3) is 3.15. The molecule has 3 heterocycles. The zero-order valence-electron chi connectivity index (χ0n) is 18.7. The molecule has 4 atom stereocenters. The lowest BCUT2D eigenvalue weighted by Crippen LogP contribution is -2.49. The standard InChI is InChI=1S/C25H23N3O6/c1-14-13-19-20-21(25(31)26(24(20)30)11-12-34-2)22(27(19)18-6-4-3-5-17(14)18)23(29)15-7-9-16(10-8-15)28(32)33/h3-10,13,19-22H,11-12H2,1-2H3. The first kappa shape index (κ1) is 22.0. The van der Waals surface area contributed by atoms with E-state index in [4.69, 9.17) is 4.74 Å². The van der Waals surface area contributed by atoms with Crippen LogP contribution >= 0.6 is 0 Å². The molecule has 2 aromatic rings. The Morgan fingerprint density at radius 3 is 2.41 bits per heavy atom. The van der Waals surface area contributed by atoms with E-state index in [2.05, 4.69) is 0 Å². The van der Waals surface area contributed by atoms with E-state index in [1.165, 1.54) is 36.3 Å². The van der Waals surface area contributed by atoms with Crippen molar-refractivity contribution in [3.8, 4) is 0 Å². The molecule has 9 nitrogen and oxygen atoms in total. The number of carbonyl (C=O) groups excluding carboxylic acids is 3. The van der Waals surface area contributed by atoms with Gasteiger partial charge in [0.15, 0.2) is 5.78 Å². The number of nitro groups is 1. The smallest absolute Gasteiger partial charge is 0.269 e. The number of amides is 2. The summed E-state index contributed by atoms with van der Waals surface area (Å²) in [7, 11) is 1.50. The van der Waals surface area contributed by atoms with Crippen LogP contribution in [0.15, 0.2) is 54.6 Å². The van der Waals surface area contributed by atoms with Gasteiger partial charge in [-0.15, -0.1) is 0 Å². The number of ketones is 1. The molecule has 0 spiro atoms. The van der Waals surface area contributed by atoms with E-state index in [1.54, 1.807) is 0 Å². The maximum atomic E-state index is 13.9. The second kappa shape index (κ2) is 8.18. The van der Waals surface area contributed by atoms with E-state index in [-0.39, 0.29) is 42.0 Å². The number of ether oxygens (including phenoxy) is 1. The average Bonchev–Trinajstić information content (AvgIpc) is 3.30. The average molecular weight is 461 g/mol. The van der Waals surface area contributed by atoms with Crippen LogP contribution in [0.25, 0.3) is 5.57 Å². The molecule has 0 aliphatic carbocycles. The van der Waals surface area contributed by atoms with Crippen LogP contribution in [0.4, 0.5) is 11.4 Å². The Balaban J connectivity index is 1.62. The van der Waals surface area contributed by atoms with Crippen LogP contribution in [0.3, 0.4) is 0 Å². The number of hydrogen-bond acceptors (Lipinski definition) is 7. The molecule has 2 aromatic carbocycles. The number of hydrogen-bond donors (Lipinski definition) is 0. The fourth-order valence-corrected chi connectivity index (χ4v) is 5.48. The molecule has 3 aliphatic heterocycles. The number of non-ortho nitro benzene ring substituents is 1. The third-order valence-corrected chi connectivity index (χ3v) is 7.00. The quantitative estimate of drug-likeness (QED) is 0.282. The SMILES string of the molecule is COCCN1C(=O)C2C(C1=O)C(C(=O)c1ccc([N+](=O)[O-])cc1)N1c3ccccc3C(C)=CC21. The van der Waals surface area contributed by atoms with Gasteiger partial charge in [0, 0.05) is 36.1 Å². The Morgan fingerprint density at radius 1 is 1.06 bits per heavy atom. The molecule has 2 amide bonds. The highest BCUT2D eigenvalue weighted by Crippen LogP contribution is 2.50. The number of Topliss-reactive ketones (excluding diaryl/α,β-unsaturated/α-hetero) is 1. The van der Waals surface area contributed by atoms with Crippen LogP contribution in [0, 0.1) is 22.0 Å². The van der Waals surface area contributed by atoms with Crippen molar-refractivity contribution in [2.45, 2.75) is 19.0 Å². The van der Waals surface area contributed by atoms with E-state index in [1.807, 2.05) is 42.2 Å². The Kier molecular flexibility index (Phi) is 5.28. The van der Waals surface area contributed by atoms with Gasteiger partial charge in [-0.05, 0) is 30.7 Å². The van der Waals surface area contributed by atoms with E-state index < -0.39 is 28.8 Å². The van der Waals surface area contributed by atoms with Crippen molar-refractivity contribution >= 4 is 34.5 Å². The second-order valence-corrected chi connectivity index (χ2v) is 8.75. The van der Waals surface area contributed by atoms with Gasteiger partial charge >= 0.3 is 0 Å². The number of carbonyl (C=O) groups is 3. The summed E-state index contributed by atoms with van der Waals surface area (Å²) in [5, 5.41) is 11.1. The Hall–Kier alpha value is -3.85. The lowest BCUT2D eigenvalue weighted by atomic mass is 9.85. The Labute approximate surface area is 195 Å². The normalized spacial score (nSPS) is 25.1. The molecule has 0 radical (unpaired) electrons. The fraction of sp³-hybridized carbons (Fsp3) is 0.320. The van der Waals surface area contributed by atoms with Gasteiger partial charge in [0.05, 0.1) is 36.0 Å². The van der Waals surface area contributed by atoms with Crippen molar-refractivity contribution in [2.75, 3.05) is 25.2 Å². The molecule has 3 aliphatic rings. The number of allylic oxidation sites excluding steroid dienone is 1. The lowest BCUT2D eigenvalue weighted by Gasteiger charge is -2.38. The number of rotatable bonds is 6. The molecule has 34 heavy (non-hydrogen) atoms. The van der Waals surface area contributed by atoms with Gasteiger partial charge in [-0.1, -0.05) is 24.3 Å². The maximum Gasteiger partial charge on any atom is 0.269 e. The first-order valence-electron chi connectivity index (χ1n) is 11.0. The van der Waals surface area contributed by atoms with Gasteiger partial charge in [0.2, 0.25) is 11.8 Å². The van der Waals surface area contributed by atoms with Crippen molar-refractivity contribution in [2.24, 2.45) is 11.8 Å². The zero-order chi connectivity index (χ0) is 24.1. The molecule has 174 valence electrons. The van der Waals surface area contributed by atoms with Gasteiger partial charge < -0.3 is 9.64 Å². The molecule has 0 saturated carbocycles. The number of benzene rings is 2. The van der Waals surface area contributed by atoms with E-state index in [9.17, 15) is 24.5 Å². The van der Waals surface area contributed by atoms with Gasteiger partial charge in [0.1, 0.15) is 6.04 Å². The number of imide groups is 1. The summed E-state index contributed by atoms with van der Waals surface area (Å²) in [4.78, 5) is 54.4. The minimum Gasteiger partial charge on any atom is -0.383 e. The zero-order valence-corrected chi connectivity index (χ0v) is 18.7. The van der Waals surface area contributed by atoms with Crippen LogP contribution in [-0.2, 0) is 14.3 Å². The molecule has 0 aromatic heterocycles. The summed E-state index contributed by atoms with van der Waals surface area (Å²) in [6, 6.07) is 11.6. The largest absolute Gasteiger partial charge is 0.383 e. The highest BCUT2D eigenvalue weighted by atomic mass is 16.6. The number of nitro benzene ring substituents is 1. The summed E-state index contributed by atoms with van der Waals surface area (Å²) in [6.07, 6.45) is 1.97. The molecular formula is C25H23N3O6. The van der Waals surface area contributed by atoms with Crippen molar-refractivity contribution in [3.05, 3.63) is 75.8 Å². The predicted molar refractivity (Wildman–Crippen MR) is 123 cm³/mol. The summed E-state index contributed by atoms with van der Waals surface area (Å²) < 4.78 is 5.08. The van der Waals surface area contributed by atoms with Crippen LogP contribution in [0.5, 0.6) is 0 Å². The summed E-state index contributed by atoms with van der Waals surface area (Å²) >= 11 is 0. The number of methoxy groups -OCH3 is 1. The van der Waals surface area contributed by atoms with E-state index in [0.717, 1.165) is 16.8 Å². The molecule has 9 heteroatoms. The van der Waals surface area contributed by atoms with Crippen LogP contribution in [0.1, 0.15) is 22.8 Å². The number of nitrogens with zero attached hydrogens (tertiary/aromatic N) is 3. The van der Waals surface area contributed by atoms with E-state index in [0.29, 0.717) is 0 Å². The molecular weight excluding hydrogens is 438 g/mol. The van der Waals surface area contributed by atoms with Crippen molar-refractivity contribution in [1.82, 2.24) is 4.90 Å². The topological polar surface area (TPSA) is 110 Å². The van der Waals surface area contributed by atoms with Crippen molar-refractivity contribution in [1.29, 1.82) is 0 Å². The number of anilines is 1. The van der Waals surface area contributed by atoms with Crippen LogP contribution < -0.4 is 4.90 Å². The molecule has 2 saturated heterocycles. The number of para-hydroxylation sites is 1. The molecule has 5 rings (SSSR count). The minimum atomic E-state index is -0.911. The van der Waals surface area contributed by atoms with Crippen LogP contribution in [-0.4, -0.2) is 59.8 Å². The highest BCUT2D eigenvalue weighted by Gasteiger charge is 2.64. The van der Waals surface area contributed by atoms with Gasteiger partial charge in [0.25, 0.3) is 5.69 Å². The van der Waals surface area contributed by atoms with Gasteiger partial charge in [-0.3, -0.25) is 29.4 Å². The third-order valence-electron chi connectivity index (χ3n) is 7.00. The monoisotopic (exact) mass is 461 g/mol. The Bertz CT molecular complexity index is 1240. The van der Waals surface area contributed by atoms with Crippen LogP contribution in [0.2, 0.25) is 0 Å². The number of fused-ring (bicyclic) bond motifs is 5. The summed E-state index contributed by atoms with van der Waals surface area (Å²) in [6.45, 7) is 2.30. The highest BCUT2D eigenvalue weighted by molar-refractivity contribution is 6.14. The van der Waals surface area contributed by atoms with Crippen molar-refractivity contribution < 1.29 is 24.0 Å². The maximum absolute atomic E-state index is 13.9. The van der Waals surface area contributed by atoms with Crippen molar-refractivity contribution in [3.63, 3.8) is 0 Å². The Morgan fingerprint density at radius 2 is 1.74 bits per heavy atom.